The average Bonchev–Trinajstić information content (AvgIpc) is 2.54. The Morgan fingerprint density at radius 3 is 2.43 bits per heavy atom. The van der Waals surface area contributed by atoms with Crippen molar-refractivity contribution in [3.05, 3.63) is 65.7 Å². The van der Waals surface area contributed by atoms with E-state index in [1.807, 2.05) is 49.5 Å². The van der Waals surface area contributed by atoms with Crippen molar-refractivity contribution in [2.75, 3.05) is 19.1 Å². The van der Waals surface area contributed by atoms with Crippen LogP contribution in [-0.2, 0) is 16.1 Å². The van der Waals surface area contributed by atoms with Crippen LogP contribution < -0.4 is 10.6 Å². The third-order valence-corrected chi connectivity index (χ3v) is 3.40. The van der Waals surface area contributed by atoms with Gasteiger partial charge in [0.25, 0.3) is 0 Å². The van der Waals surface area contributed by atoms with Crippen molar-refractivity contribution in [3.63, 3.8) is 0 Å². The van der Waals surface area contributed by atoms with Crippen LogP contribution in [0.1, 0.15) is 17.2 Å². The second kappa shape index (κ2) is 6.90. The predicted octanol–water partition coefficient (Wildman–Crippen LogP) is 2.50. The summed E-state index contributed by atoms with van der Waals surface area (Å²) in [5.74, 6) is -0.435. The van der Waals surface area contributed by atoms with E-state index in [9.17, 15) is 4.79 Å². The molecule has 0 aromatic heterocycles. The summed E-state index contributed by atoms with van der Waals surface area (Å²) in [6, 6.07) is 17.0. The first kappa shape index (κ1) is 15.1. The number of hydrogen-bond acceptors (Lipinski definition) is 4. The van der Waals surface area contributed by atoms with Gasteiger partial charge in [0.2, 0.25) is 0 Å². The quantitative estimate of drug-likeness (QED) is 0.857. The minimum atomic E-state index is -0.774. The summed E-state index contributed by atoms with van der Waals surface area (Å²) in [4.78, 5) is 13.8. The molecule has 2 aromatic rings. The van der Waals surface area contributed by atoms with E-state index in [0.717, 1.165) is 17.8 Å². The largest absolute Gasteiger partial charge is 0.468 e. The highest BCUT2D eigenvalue weighted by molar-refractivity contribution is 5.80. The highest BCUT2D eigenvalue weighted by Gasteiger charge is 2.20. The molecule has 2 rings (SSSR count). The number of anilines is 1. The summed E-state index contributed by atoms with van der Waals surface area (Å²) in [7, 11) is 3.33. The van der Waals surface area contributed by atoms with Crippen molar-refractivity contribution in [1.29, 1.82) is 0 Å². The van der Waals surface area contributed by atoms with Crippen LogP contribution in [0.3, 0.4) is 0 Å². The Labute approximate surface area is 125 Å². The second-order valence-electron chi connectivity index (χ2n) is 4.90. The van der Waals surface area contributed by atoms with Gasteiger partial charge in [-0.15, -0.1) is 0 Å². The lowest BCUT2D eigenvalue weighted by Gasteiger charge is -2.24. The number of methoxy groups -OCH3 is 1. The maximum atomic E-state index is 11.7. The topological polar surface area (TPSA) is 55.6 Å². The van der Waals surface area contributed by atoms with E-state index in [4.69, 9.17) is 10.5 Å². The van der Waals surface area contributed by atoms with Crippen molar-refractivity contribution in [3.8, 4) is 0 Å². The molecule has 0 fully saturated rings. The van der Waals surface area contributed by atoms with Gasteiger partial charge in [-0.05, 0) is 11.6 Å². The molecule has 0 aliphatic carbocycles. The molecule has 4 heteroatoms. The molecule has 0 radical (unpaired) electrons. The zero-order valence-electron chi connectivity index (χ0n) is 12.3. The Hall–Kier alpha value is -2.33. The molecule has 110 valence electrons. The SMILES string of the molecule is COC(=O)C(N)c1ccccc1N(C)Cc1ccccc1. The van der Waals surface area contributed by atoms with Gasteiger partial charge >= 0.3 is 5.97 Å². The maximum absolute atomic E-state index is 11.7. The minimum absolute atomic E-state index is 0.435. The predicted molar refractivity (Wildman–Crippen MR) is 83.9 cm³/mol. The first-order valence-electron chi connectivity index (χ1n) is 6.81. The molecule has 0 saturated carbocycles. The summed E-state index contributed by atoms with van der Waals surface area (Å²) in [6.45, 7) is 0.742. The maximum Gasteiger partial charge on any atom is 0.327 e. The molecular weight excluding hydrogens is 264 g/mol. The van der Waals surface area contributed by atoms with Crippen LogP contribution in [0.15, 0.2) is 54.6 Å². The highest BCUT2D eigenvalue weighted by atomic mass is 16.5. The van der Waals surface area contributed by atoms with Gasteiger partial charge in [0.05, 0.1) is 7.11 Å². The molecule has 0 aliphatic heterocycles. The van der Waals surface area contributed by atoms with Crippen LogP contribution in [0.4, 0.5) is 5.69 Å². The zero-order chi connectivity index (χ0) is 15.2. The number of para-hydroxylation sites is 1. The summed E-state index contributed by atoms with van der Waals surface area (Å²) >= 11 is 0. The number of nitrogens with two attached hydrogens (primary N) is 1. The molecule has 0 bridgehead atoms. The molecule has 0 saturated heterocycles. The highest BCUT2D eigenvalue weighted by Crippen LogP contribution is 2.26. The Morgan fingerprint density at radius 1 is 1.14 bits per heavy atom. The molecule has 21 heavy (non-hydrogen) atoms. The number of benzene rings is 2. The number of carbonyl (C=O) groups excluding carboxylic acids is 1. The van der Waals surface area contributed by atoms with E-state index in [1.165, 1.54) is 12.7 Å². The zero-order valence-corrected chi connectivity index (χ0v) is 12.3. The molecule has 1 unspecified atom stereocenters. The van der Waals surface area contributed by atoms with Crippen LogP contribution in [0.5, 0.6) is 0 Å². The molecule has 0 aliphatic rings. The third-order valence-electron chi connectivity index (χ3n) is 3.40. The first-order valence-corrected chi connectivity index (χ1v) is 6.81. The minimum Gasteiger partial charge on any atom is -0.468 e. The van der Waals surface area contributed by atoms with Gasteiger partial charge < -0.3 is 15.4 Å². The number of rotatable bonds is 5. The van der Waals surface area contributed by atoms with Gasteiger partial charge in [0, 0.05) is 24.8 Å². The fourth-order valence-corrected chi connectivity index (χ4v) is 2.29. The number of carbonyl (C=O) groups is 1. The fraction of sp³-hybridized carbons (Fsp3) is 0.235. The summed E-state index contributed by atoms with van der Waals surface area (Å²) in [6.07, 6.45) is 0. The van der Waals surface area contributed by atoms with Crippen LogP contribution >= 0.6 is 0 Å². The van der Waals surface area contributed by atoms with Gasteiger partial charge in [0.1, 0.15) is 6.04 Å². The Bertz CT molecular complexity index is 599. The number of hydrogen-bond donors (Lipinski definition) is 1. The lowest BCUT2D eigenvalue weighted by Crippen LogP contribution is -2.26. The van der Waals surface area contributed by atoms with E-state index in [0.29, 0.717) is 0 Å². The molecule has 0 heterocycles. The van der Waals surface area contributed by atoms with Gasteiger partial charge in [-0.3, -0.25) is 4.79 Å². The molecule has 2 N–H and O–H groups in total. The van der Waals surface area contributed by atoms with Crippen molar-refractivity contribution in [2.24, 2.45) is 5.73 Å². The van der Waals surface area contributed by atoms with E-state index >= 15 is 0 Å². The van der Waals surface area contributed by atoms with Gasteiger partial charge in [-0.1, -0.05) is 48.5 Å². The Balaban J connectivity index is 2.25. The van der Waals surface area contributed by atoms with Gasteiger partial charge in [0.15, 0.2) is 0 Å². The van der Waals surface area contributed by atoms with Crippen molar-refractivity contribution in [1.82, 2.24) is 0 Å². The fourth-order valence-electron chi connectivity index (χ4n) is 2.29. The van der Waals surface area contributed by atoms with Crippen molar-refractivity contribution < 1.29 is 9.53 Å². The van der Waals surface area contributed by atoms with E-state index < -0.39 is 12.0 Å². The van der Waals surface area contributed by atoms with Gasteiger partial charge in [-0.25, -0.2) is 0 Å². The van der Waals surface area contributed by atoms with Crippen LogP contribution in [0.2, 0.25) is 0 Å². The van der Waals surface area contributed by atoms with Crippen molar-refractivity contribution in [2.45, 2.75) is 12.6 Å². The van der Waals surface area contributed by atoms with Crippen LogP contribution in [0, 0.1) is 0 Å². The molecule has 0 amide bonds. The van der Waals surface area contributed by atoms with Gasteiger partial charge in [-0.2, -0.15) is 0 Å². The lowest BCUT2D eigenvalue weighted by atomic mass is 10.0. The Morgan fingerprint density at radius 2 is 1.76 bits per heavy atom. The molecule has 0 spiro atoms. The number of ether oxygens (including phenoxy) is 1. The molecule has 1 atom stereocenters. The van der Waals surface area contributed by atoms with Crippen LogP contribution in [-0.4, -0.2) is 20.1 Å². The standard InChI is InChI=1S/C17H20N2O2/c1-19(12-13-8-4-3-5-9-13)15-11-7-6-10-14(15)16(18)17(20)21-2/h3-11,16H,12,18H2,1-2H3. The normalized spacial score (nSPS) is 11.8. The van der Waals surface area contributed by atoms with E-state index in [2.05, 4.69) is 17.0 Å². The molecular formula is C17H20N2O2. The molecule has 2 aromatic carbocycles. The lowest BCUT2D eigenvalue weighted by molar-refractivity contribution is -0.142. The van der Waals surface area contributed by atoms with Crippen LogP contribution in [0.25, 0.3) is 0 Å². The number of nitrogens with zero attached hydrogens (tertiary/aromatic N) is 1. The van der Waals surface area contributed by atoms with Crippen molar-refractivity contribution >= 4 is 11.7 Å². The van der Waals surface area contributed by atoms with E-state index in [1.54, 1.807) is 0 Å². The monoisotopic (exact) mass is 284 g/mol. The first-order chi connectivity index (χ1) is 10.1. The molecule has 4 nitrogen and oxygen atoms in total. The second-order valence-corrected chi connectivity index (χ2v) is 4.90. The average molecular weight is 284 g/mol. The smallest absolute Gasteiger partial charge is 0.327 e. The third kappa shape index (κ3) is 3.61. The Kier molecular flexibility index (Phi) is 4.95. The number of esters is 1. The summed E-state index contributed by atoms with van der Waals surface area (Å²) in [5, 5.41) is 0. The summed E-state index contributed by atoms with van der Waals surface area (Å²) in [5.41, 5.74) is 8.87. The summed E-state index contributed by atoms with van der Waals surface area (Å²) < 4.78 is 4.74. The van der Waals surface area contributed by atoms with E-state index in [-0.39, 0.29) is 0 Å².